The highest BCUT2D eigenvalue weighted by molar-refractivity contribution is 6.33. The van der Waals surface area contributed by atoms with Gasteiger partial charge in [-0.25, -0.2) is 9.97 Å². The molecule has 82 valence electrons. The van der Waals surface area contributed by atoms with E-state index in [-0.39, 0.29) is 16.7 Å². The van der Waals surface area contributed by atoms with Gasteiger partial charge in [-0.1, -0.05) is 35.3 Å². The number of rotatable bonds is 1. The highest BCUT2D eigenvalue weighted by Gasteiger charge is 2.11. The molecule has 0 aliphatic heterocycles. The van der Waals surface area contributed by atoms with Gasteiger partial charge in [0.25, 0.3) is 0 Å². The van der Waals surface area contributed by atoms with Crippen LogP contribution in [0, 0.1) is 0 Å². The molecule has 0 amide bonds. The van der Waals surface area contributed by atoms with Gasteiger partial charge in [0.05, 0.1) is 5.02 Å². The number of anilines is 2. The van der Waals surface area contributed by atoms with Crippen LogP contribution in [0.4, 0.5) is 11.5 Å². The van der Waals surface area contributed by atoms with Crippen LogP contribution >= 0.6 is 23.2 Å². The maximum absolute atomic E-state index is 6.01. The molecule has 0 spiro atoms. The quantitative estimate of drug-likeness (QED) is 0.768. The lowest BCUT2D eigenvalue weighted by molar-refractivity contribution is 1.19. The fourth-order valence-electron chi connectivity index (χ4n) is 1.22. The van der Waals surface area contributed by atoms with Gasteiger partial charge >= 0.3 is 0 Å². The summed E-state index contributed by atoms with van der Waals surface area (Å²) in [7, 11) is 0. The van der Waals surface area contributed by atoms with Crippen LogP contribution in [-0.4, -0.2) is 9.97 Å². The number of nitrogen functional groups attached to an aromatic ring is 2. The second-order valence-electron chi connectivity index (χ2n) is 3.12. The molecule has 4 N–H and O–H groups in total. The molecule has 0 aliphatic carbocycles. The summed E-state index contributed by atoms with van der Waals surface area (Å²) in [5, 5.41) is 0.658. The molecule has 0 aliphatic rings. The Morgan fingerprint density at radius 3 is 2.31 bits per heavy atom. The summed E-state index contributed by atoms with van der Waals surface area (Å²) in [6, 6.07) is 7.16. The Morgan fingerprint density at radius 1 is 1.00 bits per heavy atom. The molecule has 0 saturated carbocycles. The predicted molar refractivity (Wildman–Crippen MR) is 66.3 cm³/mol. The van der Waals surface area contributed by atoms with Crippen LogP contribution in [0.2, 0.25) is 10.2 Å². The second kappa shape index (κ2) is 4.15. The van der Waals surface area contributed by atoms with E-state index in [1.807, 2.05) is 12.1 Å². The van der Waals surface area contributed by atoms with Crippen LogP contribution in [0.1, 0.15) is 0 Å². The van der Waals surface area contributed by atoms with Crippen molar-refractivity contribution in [2.45, 2.75) is 0 Å². The first-order chi connectivity index (χ1) is 7.59. The van der Waals surface area contributed by atoms with E-state index >= 15 is 0 Å². The van der Waals surface area contributed by atoms with Crippen LogP contribution in [0.5, 0.6) is 0 Å². The lowest BCUT2D eigenvalue weighted by Crippen LogP contribution is -2.02. The average molecular weight is 255 g/mol. The molecule has 0 atom stereocenters. The van der Waals surface area contributed by atoms with Crippen LogP contribution in [0.15, 0.2) is 24.3 Å². The normalized spacial score (nSPS) is 10.4. The van der Waals surface area contributed by atoms with Crippen LogP contribution < -0.4 is 11.5 Å². The fraction of sp³-hybridized carbons (Fsp3) is 0. The van der Waals surface area contributed by atoms with Crippen molar-refractivity contribution in [1.29, 1.82) is 0 Å². The zero-order valence-corrected chi connectivity index (χ0v) is 9.63. The molecule has 2 aromatic rings. The Bertz CT molecular complexity index is 519. The van der Waals surface area contributed by atoms with Crippen molar-refractivity contribution in [3.8, 4) is 11.4 Å². The zero-order valence-electron chi connectivity index (χ0n) is 8.11. The van der Waals surface area contributed by atoms with Crippen molar-refractivity contribution in [3.05, 3.63) is 34.4 Å². The van der Waals surface area contributed by atoms with E-state index in [9.17, 15) is 0 Å². The monoisotopic (exact) mass is 254 g/mol. The Balaban J connectivity index is 2.62. The molecule has 16 heavy (non-hydrogen) atoms. The van der Waals surface area contributed by atoms with Crippen LogP contribution in [0.3, 0.4) is 0 Å². The molecule has 0 saturated heterocycles. The zero-order chi connectivity index (χ0) is 11.7. The lowest BCUT2D eigenvalue weighted by Gasteiger charge is -2.06. The van der Waals surface area contributed by atoms with Gasteiger partial charge in [0.15, 0.2) is 16.8 Å². The minimum Gasteiger partial charge on any atom is -0.393 e. The van der Waals surface area contributed by atoms with Gasteiger partial charge in [0, 0.05) is 5.56 Å². The molecule has 6 heteroatoms. The van der Waals surface area contributed by atoms with E-state index in [0.29, 0.717) is 16.4 Å². The first-order valence-electron chi connectivity index (χ1n) is 4.43. The number of hydrogen-bond acceptors (Lipinski definition) is 4. The van der Waals surface area contributed by atoms with Gasteiger partial charge in [0.1, 0.15) is 5.69 Å². The molecule has 0 bridgehead atoms. The number of nitrogens with two attached hydrogens (primary N) is 2. The number of halogens is 2. The first-order valence-corrected chi connectivity index (χ1v) is 5.18. The second-order valence-corrected chi connectivity index (χ2v) is 3.88. The van der Waals surface area contributed by atoms with Gasteiger partial charge in [-0.3, -0.25) is 0 Å². The maximum Gasteiger partial charge on any atom is 0.164 e. The SMILES string of the molecule is Nc1nc(-c2ccccc2Cl)nc(Cl)c1N. The topological polar surface area (TPSA) is 77.8 Å². The van der Waals surface area contributed by atoms with Gasteiger partial charge in [0.2, 0.25) is 0 Å². The first kappa shape index (κ1) is 11.0. The Labute approximate surface area is 102 Å². The van der Waals surface area contributed by atoms with E-state index < -0.39 is 0 Å². The van der Waals surface area contributed by atoms with Crippen molar-refractivity contribution in [2.75, 3.05) is 11.5 Å². The van der Waals surface area contributed by atoms with Crippen molar-refractivity contribution in [1.82, 2.24) is 9.97 Å². The summed E-state index contributed by atoms with van der Waals surface area (Å²) in [5.74, 6) is 0.511. The Hall–Kier alpha value is -1.52. The minimum atomic E-state index is 0.127. The highest BCUT2D eigenvalue weighted by Crippen LogP contribution is 2.29. The third kappa shape index (κ3) is 1.89. The Morgan fingerprint density at radius 2 is 1.69 bits per heavy atom. The van der Waals surface area contributed by atoms with E-state index in [2.05, 4.69) is 9.97 Å². The maximum atomic E-state index is 6.01. The fourth-order valence-corrected chi connectivity index (χ4v) is 1.62. The molecule has 0 radical (unpaired) electrons. The van der Waals surface area contributed by atoms with Gasteiger partial charge < -0.3 is 11.5 Å². The van der Waals surface area contributed by atoms with E-state index in [1.165, 1.54) is 0 Å². The summed E-state index contributed by atoms with van der Waals surface area (Å²) in [4.78, 5) is 8.07. The van der Waals surface area contributed by atoms with Gasteiger partial charge in [-0.05, 0) is 12.1 Å². The number of hydrogen-bond donors (Lipinski definition) is 2. The van der Waals surface area contributed by atoms with Crippen molar-refractivity contribution in [3.63, 3.8) is 0 Å². The molecule has 0 fully saturated rings. The molecule has 1 aromatic heterocycles. The lowest BCUT2D eigenvalue weighted by atomic mass is 10.2. The van der Waals surface area contributed by atoms with E-state index in [4.69, 9.17) is 34.7 Å². The van der Waals surface area contributed by atoms with E-state index in [0.717, 1.165) is 0 Å². The molecule has 4 nitrogen and oxygen atoms in total. The third-order valence-corrected chi connectivity index (χ3v) is 2.66. The molecule has 2 rings (SSSR count). The Kier molecular flexibility index (Phi) is 2.85. The van der Waals surface area contributed by atoms with Crippen LogP contribution in [-0.2, 0) is 0 Å². The molecular weight excluding hydrogens is 247 g/mol. The average Bonchev–Trinajstić information content (AvgIpc) is 2.26. The van der Waals surface area contributed by atoms with Crippen molar-refractivity contribution >= 4 is 34.7 Å². The number of benzene rings is 1. The highest BCUT2D eigenvalue weighted by atomic mass is 35.5. The van der Waals surface area contributed by atoms with Crippen molar-refractivity contribution < 1.29 is 0 Å². The molecular formula is C10H8Cl2N4. The van der Waals surface area contributed by atoms with Crippen molar-refractivity contribution in [2.24, 2.45) is 0 Å². The van der Waals surface area contributed by atoms with Gasteiger partial charge in [-0.2, -0.15) is 0 Å². The molecule has 1 heterocycles. The molecule has 1 aromatic carbocycles. The summed E-state index contributed by atoms with van der Waals surface area (Å²) in [6.07, 6.45) is 0. The predicted octanol–water partition coefficient (Wildman–Crippen LogP) is 2.61. The van der Waals surface area contributed by atoms with E-state index in [1.54, 1.807) is 12.1 Å². The smallest absolute Gasteiger partial charge is 0.164 e. The summed E-state index contributed by atoms with van der Waals surface area (Å²) in [6.45, 7) is 0. The third-order valence-electron chi connectivity index (χ3n) is 2.04. The summed E-state index contributed by atoms with van der Waals surface area (Å²) in [5.41, 5.74) is 12.0. The number of nitrogens with zero attached hydrogens (tertiary/aromatic N) is 2. The summed E-state index contributed by atoms with van der Waals surface area (Å²) < 4.78 is 0. The standard InChI is InChI=1S/C10H8Cl2N4/c11-6-4-2-1-3-5(6)10-15-8(12)7(13)9(14)16-10/h1-4H,13H2,(H2,14,15,16). The molecule has 0 unspecified atom stereocenters. The largest absolute Gasteiger partial charge is 0.393 e. The van der Waals surface area contributed by atoms with Gasteiger partial charge in [-0.15, -0.1) is 0 Å². The number of aromatic nitrogens is 2. The summed E-state index contributed by atoms with van der Waals surface area (Å²) >= 11 is 11.8. The van der Waals surface area contributed by atoms with Crippen LogP contribution in [0.25, 0.3) is 11.4 Å². The minimum absolute atomic E-state index is 0.127.